The van der Waals surface area contributed by atoms with Crippen molar-refractivity contribution >= 4 is 33.2 Å². The first kappa shape index (κ1) is 23.5. The summed E-state index contributed by atoms with van der Waals surface area (Å²) in [6.07, 6.45) is -3.53. The quantitative estimate of drug-likeness (QED) is 0.622. The first-order valence-corrected chi connectivity index (χ1v) is 11.0. The second-order valence-corrected chi connectivity index (χ2v) is 9.04. The van der Waals surface area contributed by atoms with Gasteiger partial charge in [0.05, 0.1) is 5.02 Å². The Bertz CT molecular complexity index is 1130. The minimum absolute atomic E-state index is 0.105. The molecule has 0 spiro atoms. The van der Waals surface area contributed by atoms with Crippen LogP contribution in [-0.2, 0) is 23.0 Å². The molecule has 2 heterocycles. The SMILES string of the molecule is C[C@H](NS(=O)(=O)c1c(Cl)c(C(=O)Nc2ccc(F)c(F)c2)n2c1CCCC2)C(F)(F)F. The second kappa shape index (κ2) is 8.40. The number of nitrogens with zero attached hydrogens (tertiary/aromatic N) is 1. The minimum atomic E-state index is -4.83. The van der Waals surface area contributed by atoms with Gasteiger partial charge in [-0.3, -0.25) is 4.79 Å². The van der Waals surface area contributed by atoms with Crippen LogP contribution in [0.2, 0.25) is 5.02 Å². The molecule has 1 amide bonds. The number of anilines is 1. The predicted octanol–water partition coefficient (Wildman–Crippen LogP) is 4.24. The number of benzene rings is 1. The van der Waals surface area contributed by atoms with E-state index in [1.54, 1.807) is 4.72 Å². The Morgan fingerprint density at radius 3 is 2.48 bits per heavy atom. The van der Waals surface area contributed by atoms with Crippen LogP contribution in [-0.4, -0.2) is 31.1 Å². The van der Waals surface area contributed by atoms with Gasteiger partial charge in [-0.2, -0.15) is 17.9 Å². The fraction of sp³-hybridized carbons (Fsp3) is 0.389. The van der Waals surface area contributed by atoms with E-state index in [-0.39, 0.29) is 30.0 Å². The number of alkyl halides is 3. The van der Waals surface area contributed by atoms with Crippen LogP contribution in [0.3, 0.4) is 0 Å². The molecule has 6 nitrogen and oxygen atoms in total. The highest BCUT2D eigenvalue weighted by molar-refractivity contribution is 7.89. The van der Waals surface area contributed by atoms with Crippen molar-refractivity contribution in [2.45, 2.75) is 49.8 Å². The lowest BCUT2D eigenvalue weighted by Crippen LogP contribution is -2.43. The van der Waals surface area contributed by atoms with Gasteiger partial charge in [-0.15, -0.1) is 0 Å². The first-order valence-electron chi connectivity index (χ1n) is 9.09. The topological polar surface area (TPSA) is 80.2 Å². The summed E-state index contributed by atoms with van der Waals surface area (Å²) in [5.74, 6) is -3.26. The third-order valence-electron chi connectivity index (χ3n) is 4.79. The van der Waals surface area contributed by atoms with Gasteiger partial charge in [-0.25, -0.2) is 17.2 Å². The smallest absolute Gasteiger partial charge is 0.338 e. The van der Waals surface area contributed by atoms with Crippen LogP contribution in [0.15, 0.2) is 23.1 Å². The molecule has 0 saturated heterocycles. The second-order valence-electron chi connectivity index (χ2n) is 7.01. The predicted molar refractivity (Wildman–Crippen MR) is 103 cm³/mol. The number of sulfonamides is 1. The lowest BCUT2D eigenvalue weighted by molar-refractivity contribution is -0.147. The molecule has 0 unspecified atom stereocenters. The third kappa shape index (κ3) is 4.70. The number of hydrogen-bond donors (Lipinski definition) is 2. The normalized spacial score (nSPS) is 15.5. The maximum Gasteiger partial charge on any atom is 0.404 e. The zero-order chi connectivity index (χ0) is 23.1. The molecule has 31 heavy (non-hydrogen) atoms. The van der Waals surface area contributed by atoms with Gasteiger partial charge in [0.2, 0.25) is 10.0 Å². The summed E-state index contributed by atoms with van der Waals surface area (Å²) >= 11 is 6.20. The van der Waals surface area contributed by atoms with Gasteiger partial charge in [0, 0.05) is 24.0 Å². The number of nitrogens with one attached hydrogen (secondary N) is 2. The first-order chi connectivity index (χ1) is 14.3. The van der Waals surface area contributed by atoms with Crippen molar-refractivity contribution in [3.05, 3.63) is 46.2 Å². The number of carbonyl (C=O) groups is 1. The van der Waals surface area contributed by atoms with Crippen molar-refractivity contribution < 1.29 is 35.2 Å². The number of aromatic nitrogens is 1. The van der Waals surface area contributed by atoms with Gasteiger partial charge in [0.25, 0.3) is 5.91 Å². The Labute approximate surface area is 179 Å². The van der Waals surface area contributed by atoms with Gasteiger partial charge in [-0.05, 0) is 38.3 Å². The van der Waals surface area contributed by atoms with Crippen LogP contribution in [0.5, 0.6) is 0 Å². The molecule has 13 heteroatoms. The molecule has 0 aliphatic carbocycles. The molecule has 0 fully saturated rings. The average molecular weight is 486 g/mol. The fourth-order valence-corrected chi connectivity index (χ4v) is 5.46. The molecule has 0 bridgehead atoms. The van der Waals surface area contributed by atoms with E-state index in [1.165, 1.54) is 4.57 Å². The lowest BCUT2D eigenvalue weighted by Gasteiger charge is -2.20. The summed E-state index contributed by atoms with van der Waals surface area (Å²) in [7, 11) is -4.73. The Morgan fingerprint density at radius 1 is 1.19 bits per heavy atom. The lowest BCUT2D eigenvalue weighted by atomic mass is 10.1. The standard InChI is InChI=1S/C18H17ClF5N3O3S/c1-9(18(22,23)24)26-31(29,30)16-13-4-2-3-7-27(13)15(14(16)19)17(28)25-10-5-6-11(20)12(21)8-10/h5-6,8-9,26H,2-4,7H2,1H3,(H,25,28)/t9-/m0/s1. The highest BCUT2D eigenvalue weighted by Gasteiger charge is 2.41. The Hall–Kier alpha value is -2.18. The summed E-state index contributed by atoms with van der Waals surface area (Å²) in [5.41, 5.74) is -0.297. The highest BCUT2D eigenvalue weighted by Crippen LogP contribution is 2.36. The molecule has 3 rings (SSSR count). The zero-order valence-corrected chi connectivity index (χ0v) is 17.6. The van der Waals surface area contributed by atoms with Crippen molar-refractivity contribution in [1.29, 1.82) is 0 Å². The van der Waals surface area contributed by atoms with E-state index in [2.05, 4.69) is 5.32 Å². The number of carbonyl (C=O) groups excluding carboxylic acids is 1. The molecule has 1 aliphatic rings. The number of halogens is 6. The van der Waals surface area contributed by atoms with Crippen LogP contribution in [0.1, 0.15) is 35.9 Å². The summed E-state index contributed by atoms with van der Waals surface area (Å²) in [4.78, 5) is 12.2. The minimum Gasteiger partial charge on any atom is -0.338 e. The molecule has 0 radical (unpaired) electrons. The van der Waals surface area contributed by atoms with E-state index in [9.17, 15) is 35.2 Å². The van der Waals surface area contributed by atoms with Crippen molar-refractivity contribution in [2.75, 3.05) is 5.32 Å². The van der Waals surface area contributed by atoms with E-state index < -0.39 is 49.7 Å². The van der Waals surface area contributed by atoms with Crippen LogP contribution in [0.4, 0.5) is 27.6 Å². The Kier molecular flexibility index (Phi) is 6.36. The summed E-state index contributed by atoms with van der Waals surface area (Å²) in [6.45, 7) is 0.852. The summed E-state index contributed by atoms with van der Waals surface area (Å²) in [6, 6.07) is 0.227. The molecule has 1 aromatic heterocycles. The molecule has 2 aromatic rings. The molecule has 1 atom stereocenters. The number of hydrogen-bond acceptors (Lipinski definition) is 3. The number of amides is 1. The fourth-order valence-electron chi connectivity index (χ4n) is 3.29. The molecule has 170 valence electrons. The molecule has 1 aliphatic heterocycles. The van der Waals surface area contributed by atoms with Crippen LogP contribution < -0.4 is 10.0 Å². The van der Waals surface area contributed by atoms with Gasteiger partial charge in [0.15, 0.2) is 11.6 Å². The Balaban J connectivity index is 2.04. The summed E-state index contributed by atoms with van der Waals surface area (Å²) in [5, 5.41) is 1.76. The molecular formula is C18H17ClF5N3O3S. The van der Waals surface area contributed by atoms with Gasteiger partial charge < -0.3 is 9.88 Å². The summed E-state index contributed by atoms with van der Waals surface area (Å²) < 4.78 is 93.5. The van der Waals surface area contributed by atoms with E-state index in [0.717, 1.165) is 18.2 Å². The highest BCUT2D eigenvalue weighted by atomic mass is 35.5. The van der Waals surface area contributed by atoms with Crippen LogP contribution in [0, 0.1) is 11.6 Å². The van der Waals surface area contributed by atoms with Crippen molar-refractivity contribution in [1.82, 2.24) is 9.29 Å². The van der Waals surface area contributed by atoms with Crippen molar-refractivity contribution in [2.24, 2.45) is 0 Å². The molecule has 1 aromatic carbocycles. The number of fused-ring (bicyclic) bond motifs is 1. The zero-order valence-electron chi connectivity index (χ0n) is 16.0. The van der Waals surface area contributed by atoms with E-state index in [4.69, 9.17) is 11.6 Å². The van der Waals surface area contributed by atoms with Gasteiger partial charge in [-0.1, -0.05) is 11.6 Å². The molecule has 2 N–H and O–H groups in total. The van der Waals surface area contributed by atoms with Crippen LogP contribution >= 0.6 is 11.6 Å². The van der Waals surface area contributed by atoms with Crippen molar-refractivity contribution in [3.8, 4) is 0 Å². The molecule has 0 saturated carbocycles. The van der Waals surface area contributed by atoms with E-state index in [0.29, 0.717) is 19.8 Å². The maximum atomic E-state index is 13.4. The average Bonchev–Trinajstić information content (AvgIpc) is 2.96. The van der Waals surface area contributed by atoms with Crippen LogP contribution in [0.25, 0.3) is 0 Å². The van der Waals surface area contributed by atoms with Crippen molar-refractivity contribution in [3.63, 3.8) is 0 Å². The van der Waals surface area contributed by atoms with Gasteiger partial charge >= 0.3 is 6.18 Å². The third-order valence-corrected chi connectivity index (χ3v) is 6.92. The van der Waals surface area contributed by atoms with E-state index in [1.807, 2.05) is 0 Å². The Morgan fingerprint density at radius 2 is 1.87 bits per heavy atom. The number of rotatable bonds is 5. The monoisotopic (exact) mass is 485 g/mol. The van der Waals surface area contributed by atoms with E-state index >= 15 is 0 Å². The van der Waals surface area contributed by atoms with Gasteiger partial charge in [0.1, 0.15) is 16.6 Å². The molecular weight excluding hydrogens is 469 g/mol. The largest absolute Gasteiger partial charge is 0.404 e. The maximum absolute atomic E-state index is 13.4.